The van der Waals surface area contributed by atoms with Gasteiger partial charge in [0.25, 0.3) is 0 Å². The van der Waals surface area contributed by atoms with Gasteiger partial charge in [-0.2, -0.15) is 4.98 Å². The molecule has 3 aliphatic rings. The van der Waals surface area contributed by atoms with E-state index in [4.69, 9.17) is 21.1 Å². The molecule has 4 heterocycles. The maximum absolute atomic E-state index is 12.5. The maximum atomic E-state index is 12.5. The Bertz CT molecular complexity index is 1700. The standard InChI is InChI=1S/C31H40BrClN8O4S/c1-38-12-14-40(15-13-38)21-7-10-41(11-8-21)26-18-27(44-3)25(17-23(26)33)36-31-34-19-22(32)30(37-31)35-24-6-5-20-9-16-45-29(20)28(24)39(2)46(4,42)43/h5-6,17-19,21H,7-16H2,1-4H3,(H2,34,35,36,37). The summed E-state index contributed by atoms with van der Waals surface area (Å²) in [4.78, 5) is 16.5. The molecule has 248 valence electrons. The van der Waals surface area contributed by atoms with E-state index < -0.39 is 10.0 Å². The molecule has 0 amide bonds. The highest BCUT2D eigenvalue weighted by molar-refractivity contribution is 9.10. The molecule has 0 saturated carbocycles. The van der Waals surface area contributed by atoms with Gasteiger partial charge < -0.3 is 29.9 Å². The molecule has 0 spiro atoms. The average molecular weight is 736 g/mol. The zero-order chi connectivity index (χ0) is 32.6. The molecular weight excluding hydrogens is 696 g/mol. The third kappa shape index (κ3) is 6.96. The van der Waals surface area contributed by atoms with Crippen molar-refractivity contribution in [3.05, 3.63) is 45.5 Å². The molecule has 2 N–H and O–H groups in total. The summed E-state index contributed by atoms with van der Waals surface area (Å²) in [5.41, 5.74) is 3.48. The molecule has 3 aliphatic heterocycles. The lowest BCUT2D eigenvalue weighted by molar-refractivity contribution is 0.0982. The number of rotatable bonds is 9. The average Bonchev–Trinajstić information content (AvgIpc) is 3.51. The first kappa shape index (κ1) is 32.9. The van der Waals surface area contributed by atoms with E-state index in [1.807, 2.05) is 24.3 Å². The third-order valence-electron chi connectivity index (χ3n) is 9.02. The zero-order valence-corrected chi connectivity index (χ0v) is 29.7. The van der Waals surface area contributed by atoms with Gasteiger partial charge in [-0.15, -0.1) is 0 Å². The monoisotopic (exact) mass is 734 g/mol. The number of halogens is 2. The van der Waals surface area contributed by atoms with E-state index in [1.165, 1.54) is 11.4 Å². The Morgan fingerprint density at radius 2 is 1.83 bits per heavy atom. The summed E-state index contributed by atoms with van der Waals surface area (Å²) in [7, 11) is 1.77. The Hall–Kier alpha value is -3.04. The summed E-state index contributed by atoms with van der Waals surface area (Å²) in [6.07, 6.45) is 5.69. The van der Waals surface area contributed by atoms with Gasteiger partial charge in [-0.25, -0.2) is 13.4 Å². The summed E-state index contributed by atoms with van der Waals surface area (Å²) in [6.45, 7) is 6.87. The highest BCUT2D eigenvalue weighted by Gasteiger charge is 2.29. The van der Waals surface area contributed by atoms with Gasteiger partial charge in [0, 0.05) is 71.0 Å². The SMILES string of the molecule is COc1cc(N2CCC(N3CCN(C)CC3)CC2)c(Cl)cc1Nc1ncc(Br)c(Nc2ccc3c(c2N(C)S(C)(=O)=O)OCC3)n1. The van der Waals surface area contributed by atoms with E-state index >= 15 is 0 Å². The number of fused-ring (bicyclic) bond motifs is 1. The van der Waals surface area contributed by atoms with E-state index in [0.717, 1.165) is 69.6 Å². The predicted octanol–water partition coefficient (Wildman–Crippen LogP) is 4.94. The molecule has 2 aromatic carbocycles. The van der Waals surface area contributed by atoms with E-state index in [9.17, 15) is 8.42 Å². The molecule has 2 saturated heterocycles. The molecule has 12 nitrogen and oxygen atoms in total. The van der Waals surface area contributed by atoms with Crippen LogP contribution in [0.1, 0.15) is 18.4 Å². The van der Waals surface area contributed by atoms with Crippen LogP contribution >= 0.6 is 27.5 Å². The van der Waals surface area contributed by atoms with Crippen LogP contribution in [-0.4, -0.2) is 108 Å². The maximum Gasteiger partial charge on any atom is 0.232 e. The smallest absolute Gasteiger partial charge is 0.232 e. The number of piperazine rings is 1. The largest absolute Gasteiger partial charge is 0.494 e. The number of sulfonamides is 1. The van der Waals surface area contributed by atoms with Gasteiger partial charge in [-0.3, -0.25) is 9.21 Å². The summed E-state index contributed by atoms with van der Waals surface area (Å²) in [5.74, 6) is 1.90. The van der Waals surface area contributed by atoms with Crippen molar-refractivity contribution in [2.24, 2.45) is 0 Å². The molecule has 0 aliphatic carbocycles. The van der Waals surface area contributed by atoms with E-state index in [1.54, 1.807) is 13.3 Å². The van der Waals surface area contributed by atoms with Crippen molar-refractivity contribution in [3.8, 4) is 11.5 Å². The fourth-order valence-electron chi connectivity index (χ4n) is 6.29. The topological polar surface area (TPSA) is 115 Å². The van der Waals surface area contributed by atoms with Crippen LogP contribution < -0.4 is 29.3 Å². The molecule has 2 fully saturated rings. The molecule has 0 unspecified atom stereocenters. The normalized spacial score (nSPS) is 17.8. The first-order valence-electron chi connectivity index (χ1n) is 15.4. The minimum atomic E-state index is -3.56. The molecule has 15 heteroatoms. The second-order valence-corrected chi connectivity index (χ2v) is 15.3. The van der Waals surface area contributed by atoms with Crippen LogP contribution in [0.2, 0.25) is 5.02 Å². The molecular formula is C31H40BrClN8O4S. The van der Waals surface area contributed by atoms with Crippen molar-refractivity contribution < 1.29 is 17.9 Å². The van der Waals surface area contributed by atoms with Gasteiger partial charge in [0.2, 0.25) is 16.0 Å². The number of nitrogens with zero attached hydrogens (tertiary/aromatic N) is 6. The predicted molar refractivity (Wildman–Crippen MR) is 187 cm³/mol. The molecule has 6 rings (SSSR count). The van der Waals surface area contributed by atoms with Gasteiger partial charge in [-0.05, 0) is 53.5 Å². The number of ether oxygens (including phenoxy) is 2. The van der Waals surface area contributed by atoms with Crippen molar-refractivity contribution in [1.82, 2.24) is 19.8 Å². The van der Waals surface area contributed by atoms with Crippen molar-refractivity contribution in [1.29, 1.82) is 0 Å². The molecule has 1 aromatic heterocycles. The highest BCUT2D eigenvalue weighted by atomic mass is 79.9. The number of nitrogens with one attached hydrogen (secondary N) is 2. The number of hydrogen-bond donors (Lipinski definition) is 2. The number of anilines is 6. The van der Waals surface area contributed by atoms with Gasteiger partial charge in [-0.1, -0.05) is 17.7 Å². The fraction of sp³-hybridized carbons (Fsp3) is 0.484. The van der Waals surface area contributed by atoms with Crippen molar-refractivity contribution in [3.63, 3.8) is 0 Å². The number of aromatic nitrogens is 2. The Kier molecular flexibility index (Phi) is 9.72. The van der Waals surface area contributed by atoms with Gasteiger partial charge in [0.1, 0.15) is 23.0 Å². The van der Waals surface area contributed by atoms with Crippen LogP contribution in [0.3, 0.4) is 0 Å². The van der Waals surface area contributed by atoms with Crippen molar-refractivity contribution in [2.45, 2.75) is 25.3 Å². The first-order valence-corrected chi connectivity index (χ1v) is 18.4. The van der Waals surface area contributed by atoms with Crippen LogP contribution in [0, 0.1) is 0 Å². The molecule has 0 bridgehead atoms. The second kappa shape index (κ2) is 13.6. The lowest BCUT2D eigenvalue weighted by Gasteiger charge is -2.42. The quantitative estimate of drug-likeness (QED) is 0.312. The summed E-state index contributed by atoms with van der Waals surface area (Å²) < 4.78 is 38.5. The number of likely N-dealkylation sites (N-methyl/N-ethyl adjacent to an activating group) is 1. The molecule has 0 atom stereocenters. The van der Waals surface area contributed by atoms with Crippen LogP contribution in [-0.2, 0) is 16.4 Å². The minimum absolute atomic E-state index is 0.302. The number of hydrogen-bond acceptors (Lipinski definition) is 11. The zero-order valence-electron chi connectivity index (χ0n) is 26.5. The Morgan fingerprint density at radius 1 is 1.09 bits per heavy atom. The van der Waals surface area contributed by atoms with Gasteiger partial charge in [0.05, 0.1) is 46.5 Å². The minimum Gasteiger partial charge on any atom is -0.494 e. The van der Waals surface area contributed by atoms with E-state index in [2.05, 4.69) is 58.3 Å². The lowest BCUT2D eigenvalue weighted by atomic mass is 10.0. The Morgan fingerprint density at radius 3 is 2.52 bits per heavy atom. The molecule has 0 radical (unpaired) electrons. The third-order valence-corrected chi connectivity index (χ3v) is 11.1. The fourth-order valence-corrected chi connectivity index (χ4v) is 7.37. The van der Waals surface area contributed by atoms with Crippen LogP contribution in [0.15, 0.2) is 34.9 Å². The second-order valence-electron chi connectivity index (χ2n) is 12.0. The van der Waals surface area contributed by atoms with Gasteiger partial charge in [0.15, 0.2) is 0 Å². The van der Waals surface area contributed by atoms with Gasteiger partial charge >= 0.3 is 0 Å². The van der Waals surface area contributed by atoms with E-state index in [0.29, 0.717) is 68.9 Å². The van der Waals surface area contributed by atoms with E-state index in [-0.39, 0.29) is 0 Å². The van der Waals surface area contributed by atoms with Crippen molar-refractivity contribution in [2.75, 3.05) is 93.2 Å². The Balaban J connectivity index is 1.20. The van der Waals surface area contributed by atoms with Crippen molar-refractivity contribution >= 4 is 72.1 Å². The molecule has 46 heavy (non-hydrogen) atoms. The lowest BCUT2D eigenvalue weighted by Crippen LogP contribution is -2.52. The summed E-state index contributed by atoms with van der Waals surface area (Å²) in [5, 5.41) is 7.14. The van der Waals surface area contributed by atoms with Crippen LogP contribution in [0.4, 0.5) is 34.5 Å². The summed E-state index contributed by atoms with van der Waals surface area (Å²) in [6, 6.07) is 8.19. The number of benzene rings is 2. The number of piperidine rings is 1. The molecule has 3 aromatic rings. The first-order chi connectivity index (χ1) is 22.0. The summed E-state index contributed by atoms with van der Waals surface area (Å²) >= 11 is 10.4. The highest BCUT2D eigenvalue weighted by Crippen LogP contribution is 2.44. The number of methoxy groups -OCH3 is 1. The Labute approximate surface area is 284 Å². The van der Waals surface area contributed by atoms with Crippen LogP contribution in [0.25, 0.3) is 0 Å². The van der Waals surface area contributed by atoms with Crippen LogP contribution in [0.5, 0.6) is 11.5 Å².